The van der Waals surface area contributed by atoms with Crippen LogP contribution in [0.3, 0.4) is 0 Å². The lowest BCUT2D eigenvalue weighted by Crippen LogP contribution is -2.61. The zero-order chi connectivity index (χ0) is 15.9. The number of rotatable bonds is 4. The smallest absolute Gasteiger partial charge is 0.410 e. The molecular formula is C17H20N2O4. The lowest BCUT2D eigenvalue weighted by atomic mass is 9.99. The van der Waals surface area contributed by atoms with Crippen molar-refractivity contribution in [3.05, 3.63) is 35.4 Å². The third-order valence-corrected chi connectivity index (χ3v) is 4.86. The Kier molecular flexibility index (Phi) is 3.49. The summed E-state index contributed by atoms with van der Waals surface area (Å²) in [7, 11) is 0. The zero-order valence-electron chi connectivity index (χ0n) is 12.9. The second kappa shape index (κ2) is 5.53. The number of ether oxygens (including phenoxy) is 2. The molecule has 3 fully saturated rings. The van der Waals surface area contributed by atoms with Crippen LogP contribution in [-0.4, -0.2) is 55.3 Å². The van der Waals surface area contributed by atoms with Gasteiger partial charge in [-0.2, -0.15) is 0 Å². The van der Waals surface area contributed by atoms with Crippen LogP contribution in [-0.2, 0) is 9.47 Å². The van der Waals surface area contributed by atoms with Crippen molar-refractivity contribution in [3.63, 3.8) is 0 Å². The summed E-state index contributed by atoms with van der Waals surface area (Å²) >= 11 is 0. The van der Waals surface area contributed by atoms with Crippen LogP contribution in [0.2, 0.25) is 0 Å². The molecule has 2 heterocycles. The summed E-state index contributed by atoms with van der Waals surface area (Å²) in [5.41, 5.74) is 1.33. The molecule has 6 heteroatoms. The second-order valence-electron chi connectivity index (χ2n) is 6.57. The van der Waals surface area contributed by atoms with Gasteiger partial charge in [0.25, 0.3) is 5.91 Å². The molecule has 1 N–H and O–H groups in total. The predicted octanol–water partition coefficient (Wildman–Crippen LogP) is 1.51. The van der Waals surface area contributed by atoms with Crippen molar-refractivity contribution in [2.24, 2.45) is 0 Å². The first kappa shape index (κ1) is 14.5. The molecule has 6 nitrogen and oxygen atoms in total. The summed E-state index contributed by atoms with van der Waals surface area (Å²) in [4.78, 5) is 25.9. The van der Waals surface area contributed by atoms with Crippen LogP contribution in [0.4, 0.5) is 4.79 Å². The lowest BCUT2D eigenvalue weighted by Gasteiger charge is -2.38. The summed E-state index contributed by atoms with van der Waals surface area (Å²) < 4.78 is 10.7. The summed E-state index contributed by atoms with van der Waals surface area (Å²) in [5, 5.41) is 2.95. The fourth-order valence-corrected chi connectivity index (χ4v) is 3.31. The fourth-order valence-electron chi connectivity index (χ4n) is 3.31. The van der Waals surface area contributed by atoms with Crippen LogP contribution in [0.1, 0.15) is 34.7 Å². The van der Waals surface area contributed by atoms with Crippen molar-refractivity contribution >= 4 is 12.0 Å². The number of carbonyl (C=O) groups excluding carboxylic acids is 2. The normalized spacial score (nSPS) is 26.6. The minimum Gasteiger partial charge on any atom is -0.447 e. The number of amides is 2. The van der Waals surface area contributed by atoms with E-state index in [2.05, 4.69) is 11.4 Å². The van der Waals surface area contributed by atoms with E-state index in [1.807, 2.05) is 18.2 Å². The van der Waals surface area contributed by atoms with Gasteiger partial charge >= 0.3 is 6.09 Å². The topological polar surface area (TPSA) is 67.9 Å². The molecule has 1 atom stereocenters. The standard InChI is InChI=1S/C17H20N2O4/c20-15(14-3-1-2-13(8-14)12-4-5-12)18-9-17-10-22-7-6-19(17)16(21)23-11-17/h1-3,8,12H,4-7,9-11H2,(H,18,20). The number of hydrogen-bond donors (Lipinski definition) is 1. The first-order chi connectivity index (χ1) is 11.2. The van der Waals surface area contributed by atoms with E-state index in [9.17, 15) is 9.59 Å². The summed E-state index contributed by atoms with van der Waals surface area (Å²) in [6, 6.07) is 7.80. The lowest BCUT2D eigenvalue weighted by molar-refractivity contribution is -0.0259. The number of benzene rings is 1. The summed E-state index contributed by atoms with van der Waals surface area (Å²) in [5.74, 6) is 0.496. The molecule has 0 spiro atoms. The Morgan fingerprint density at radius 3 is 3.04 bits per heavy atom. The van der Waals surface area contributed by atoms with E-state index in [-0.39, 0.29) is 18.6 Å². The van der Waals surface area contributed by atoms with Crippen LogP contribution in [0.5, 0.6) is 0 Å². The van der Waals surface area contributed by atoms with Crippen molar-refractivity contribution in [1.29, 1.82) is 0 Å². The quantitative estimate of drug-likeness (QED) is 0.914. The molecule has 2 saturated heterocycles. The minimum absolute atomic E-state index is 0.119. The van der Waals surface area contributed by atoms with Gasteiger partial charge in [-0.1, -0.05) is 12.1 Å². The van der Waals surface area contributed by atoms with Gasteiger partial charge in [-0.15, -0.1) is 0 Å². The molecule has 3 aliphatic rings. The Hall–Kier alpha value is -2.08. The molecule has 2 aliphatic heterocycles. The van der Waals surface area contributed by atoms with Crippen molar-refractivity contribution in [2.75, 3.05) is 32.9 Å². The van der Waals surface area contributed by atoms with E-state index in [1.165, 1.54) is 18.4 Å². The number of nitrogens with one attached hydrogen (secondary N) is 1. The van der Waals surface area contributed by atoms with Crippen molar-refractivity contribution in [2.45, 2.75) is 24.3 Å². The maximum atomic E-state index is 12.5. The van der Waals surface area contributed by atoms with Crippen molar-refractivity contribution in [3.8, 4) is 0 Å². The van der Waals surface area contributed by atoms with Gasteiger partial charge in [-0.25, -0.2) is 4.79 Å². The van der Waals surface area contributed by atoms with E-state index < -0.39 is 5.54 Å². The highest BCUT2D eigenvalue weighted by Gasteiger charge is 2.49. The van der Waals surface area contributed by atoms with Gasteiger partial charge in [0.05, 0.1) is 13.2 Å². The van der Waals surface area contributed by atoms with E-state index in [4.69, 9.17) is 9.47 Å². The summed E-state index contributed by atoms with van der Waals surface area (Å²) in [6.45, 7) is 2.00. The van der Waals surface area contributed by atoms with E-state index >= 15 is 0 Å². The van der Waals surface area contributed by atoms with Gasteiger partial charge in [-0.3, -0.25) is 9.69 Å². The van der Waals surface area contributed by atoms with E-state index in [0.717, 1.165) is 0 Å². The number of carbonyl (C=O) groups is 2. The molecule has 2 amide bonds. The number of cyclic esters (lactones) is 1. The third kappa shape index (κ3) is 2.67. The van der Waals surface area contributed by atoms with Crippen LogP contribution in [0.15, 0.2) is 24.3 Å². The number of hydrogen-bond acceptors (Lipinski definition) is 4. The highest BCUT2D eigenvalue weighted by atomic mass is 16.6. The Bertz CT molecular complexity index is 643. The Morgan fingerprint density at radius 1 is 1.35 bits per heavy atom. The Balaban J connectivity index is 1.44. The fraction of sp³-hybridized carbons (Fsp3) is 0.529. The summed E-state index contributed by atoms with van der Waals surface area (Å²) in [6.07, 6.45) is 2.10. The highest BCUT2D eigenvalue weighted by molar-refractivity contribution is 5.94. The number of morpholine rings is 1. The maximum Gasteiger partial charge on any atom is 0.410 e. The molecule has 1 aromatic rings. The molecule has 0 aromatic heterocycles. The Morgan fingerprint density at radius 2 is 2.22 bits per heavy atom. The first-order valence-electron chi connectivity index (χ1n) is 8.08. The molecule has 0 radical (unpaired) electrons. The number of fused-ring (bicyclic) bond motifs is 1. The van der Waals surface area contributed by atoms with Gasteiger partial charge in [0, 0.05) is 18.7 Å². The third-order valence-electron chi connectivity index (χ3n) is 4.86. The molecule has 0 bridgehead atoms. The maximum absolute atomic E-state index is 12.5. The largest absolute Gasteiger partial charge is 0.447 e. The SMILES string of the molecule is O=C(NCC12COCCN1C(=O)OC2)c1cccc(C2CC2)c1. The predicted molar refractivity (Wildman–Crippen MR) is 82.4 cm³/mol. The average Bonchev–Trinajstić information content (AvgIpc) is 3.38. The molecule has 1 saturated carbocycles. The average molecular weight is 316 g/mol. The number of nitrogens with zero attached hydrogens (tertiary/aromatic N) is 1. The van der Waals surface area contributed by atoms with Gasteiger partial charge < -0.3 is 14.8 Å². The van der Waals surface area contributed by atoms with Gasteiger partial charge in [0.1, 0.15) is 12.1 Å². The molecule has 1 aliphatic carbocycles. The molecule has 4 rings (SSSR count). The molecule has 1 unspecified atom stereocenters. The van der Waals surface area contributed by atoms with E-state index in [1.54, 1.807) is 4.90 Å². The van der Waals surface area contributed by atoms with Crippen LogP contribution < -0.4 is 5.32 Å². The highest BCUT2D eigenvalue weighted by Crippen LogP contribution is 2.40. The second-order valence-corrected chi connectivity index (χ2v) is 6.57. The van der Waals surface area contributed by atoms with Gasteiger partial charge in [0.15, 0.2) is 0 Å². The Labute approximate surface area is 134 Å². The van der Waals surface area contributed by atoms with Crippen LogP contribution in [0, 0.1) is 0 Å². The minimum atomic E-state index is -0.570. The monoisotopic (exact) mass is 316 g/mol. The molecule has 1 aromatic carbocycles. The van der Waals surface area contributed by atoms with Gasteiger partial charge in [0.2, 0.25) is 0 Å². The zero-order valence-corrected chi connectivity index (χ0v) is 12.9. The van der Waals surface area contributed by atoms with Crippen molar-refractivity contribution < 1.29 is 19.1 Å². The first-order valence-corrected chi connectivity index (χ1v) is 8.08. The van der Waals surface area contributed by atoms with Crippen molar-refractivity contribution in [1.82, 2.24) is 10.2 Å². The van der Waals surface area contributed by atoms with Gasteiger partial charge in [-0.05, 0) is 36.5 Å². The molecule has 23 heavy (non-hydrogen) atoms. The van der Waals surface area contributed by atoms with Crippen LogP contribution in [0.25, 0.3) is 0 Å². The molecular weight excluding hydrogens is 296 g/mol. The van der Waals surface area contributed by atoms with Crippen LogP contribution >= 0.6 is 0 Å². The molecule has 122 valence electrons. The van der Waals surface area contributed by atoms with E-state index in [0.29, 0.717) is 37.8 Å².